The zero-order valence-electron chi connectivity index (χ0n) is 88.9. The van der Waals surface area contributed by atoms with Crippen molar-refractivity contribution in [2.75, 3.05) is 165 Å². The zero-order valence-corrected chi connectivity index (χ0v) is 106. The van der Waals surface area contributed by atoms with Gasteiger partial charge in [-0.15, -0.1) is 0 Å². The van der Waals surface area contributed by atoms with Gasteiger partial charge in [0.05, 0.1) is 85.3 Å². The van der Waals surface area contributed by atoms with Gasteiger partial charge in [0, 0.05) is 305 Å². The van der Waals surface area contributed by atoms with E-state index in [4.69, 9.17) is 56.8 Å². The van der Waals surface area contributed by atoms with Gasteiger partial charge in [0.2, 0.25) is 0 Å². The minimum absolute atomic E-state index is 0. The molecule has 12 aromatic carbocycles. The molecule has 0 saturated heterocycles. The Labute approximate surface area is 1020 Å². The molecule has 12 aromatic rings. The van der Waals surface area contributed by atoms with Crippen LogP contribution in [0.5, 0.6) is 86.2 Å². The average molecular weight is 2440 g/mol. The summed E-state index contributed by atoms with van der Waals surface area (Å²) in [7, 11) is 24.9. The van der Waals surface area contributed by atoms with Gasteiger partial charge in [-0.2, -0.15) is 0 Å². The Morgan fingerprint density at radius 1 is 0.238 bits per heavy atom. The Balaban J connectivity index is 0.000000146. The molecule has 0 bridgehead atoms. The molecular weight excluding hydrogens is 2300 g/mol. The van der Waals surface area contributed by atoms with Crippen molar-refractivity contribution in [2.24, 2.45) is 0 Å². The topological polar surface area (TPSA) is 191 Å². The molecule has 756 valence electrons. The van der Waals surface area contributed by atoms with Crippen LogP contribution in [0.1, 0.15) is 177 Å². The van der Waals surface area contributed by atoms with E-state index in [1.807, 2.05) is 18.2 Å². The Hall–Kier alpha value is -5.98. The third kappa shape index (κ3) is 22.7. The molecule has 0 aromatic heterocycles. The van der Waals surface area contributed by atoms with Gasteiger partial charge in [-0.1, -0.05) is 82.3 Å². The molecule has 6 aliphatic carbocycles. The first-order valence-corrected chi connectivity index (χ1v) is 50.5. The van der Waals surface area contributed by atoms with E-state index in [1.54, 1.807) is 104 Å². The van der Waals surface area contributed by atoms with Crippen molar-refractivity contribution in [3.8, 4) is 153 Å². The van der Waals surface area contributed by atoms with Crippen LogP contribution in [0.2, 0.25) is 0 Å². The van der Waals surface area contributed by atoms with Gasteiger partial charge >= 0.3 is 0 Å². The molecule has 3 N–H and O–H groups in total. The molecule has 0 amide bonds. The number of hydrogen-bond acceptors (Lipinski definition) is 21. The van der Waals surface area contributed by atoms with Crippen LogP contribution >= 0.6 is 0 Å². The number of phenolic OH excluding ortho intramolecular Hbond substituents is 3. The van der Waals surface area contributed by atoms with Crippen molar-refractivity contribution in [3.63, 3.8) is 0 Å². The first-order valence-electron chi connectivity index (χ1n) is 50.5. The molecule has 0 fully saturated rings. The largest absolute Gasteiger partial charge is 0.504 e. The minimum Gasteiger partial charge on any atom is -0.504 e. The van der Waals surface area contributed by atoms with Gasteiger partial charge < -0.3 is 72.2 Å². The van der Waals surface area contributed by atoms with Crippen molar-refractivity contribution in [1.82, 2.24) is 29.4 Å². The maximum absolute atomic E-state index is 10.3. The van der Waals surface area contributed by atoms with Crippen molar-refractivity contribution in [1.29, 1.82) is 0 Å². The number of fused-ring (bicyclic) bond motifs is 12. The smallest absolute Gasteiger partial charge is 0.168 e. The van der Waals surface area contributed by atoms with Gasteiger partial charge in [-0.25, -0.2) is 0 Å². The maximum Gasteiger partial charge on any atom is 0.168 e. The van der Waals surface area contributed by atoms with Crippen LogP contribution in [0, 0.1) is 0 Å². The number of likely N-dealkylation sites (N-methyl/N-ethyl adjacent to an activating group) is 4. The standard InChI is InChI=1S/C21H25NO3.C21H25NO2.C20H23NO3.C20H23NO2.C19H21NO3.C19H21NO2.6Y/c1-4-8-22-9-7-14-10-15(24-2)12-16-19(14)17(22)11-13-5-6-18(23)21(25-3)20(13)16;1-4-9-22-10-8-15-11-16(23-2)13-17-20(15)18(22)12-14-6-5-7-19(24-3)21(14)17;1-4-21-8-7-13-9-14(23-2)11-15-18(13)16(21)10-12-5-6-17(22)20(24-3)19(12)15;1-4-21-9-8-14-10-15(22-2)12-16-19(14)17(21)11-13-6-5-7-18(23-3)20(13)16;1-20-7-6-12-8-13(22-2)10-14-17(12)15(20)9-11-4-5-16(21)19(23-3)18(11)14;1-20-8-7-13-9-14(21-2)11-15-18(13)16(20)10-12-5-4-6-17(22-3)19(12)15;;;;;;/h5-6,10,12,17,23H,4,7-9,11H2,1-3H3;5-7,11,13,18H,4,8-10,12H2,1-3H3;5-6,9,11,16,22H,4,7-8,10H2,1-3H3;5-7,10,12,17H,4,8-9,11H2,1-3H3;4-5,8,10,15,21H,6-7,9H2,1-3H3;4-6,9,11,16H,7-8,10H2,1-3H3;;;;;;/t17-;18-;16-;17-;15-;16-;;;;;;/m111111....../s1. The summed E-state index contributed by atoms with van der Waals surface area (Å²) >= 11 is 0. The number of ether oxygens (including phenoxy) is 12. The van der Waals surface area contributed by atoms with E-state index >= 15 is 0 Å². The van der Waals surface area contributed by atoms with E-state index in [9.17, 15) is 15.3 Å². The van der Waals surface area contributed by atoms with Gasteiger partial charge in [0.25, 0.3) is 0 Å². The molecule has 6 radical (unpaired) electrons. The number of hydrogen-bond donors (Lipinski definition) is 3. The predicted molar refractivity (Wildman–Crippen MR) is 559 cm³/mol. The van der Waals surface area contributed by atoms with Crippen LogP contribution in [-0.4, -0.2) is 210 Å². The number of rotatable bonds is 18. The predicted octanol–water partition coefficient (Wildman–Crippen LogP) is 22.2. The van der Waals surface area contributed by atoms with Crippen molar-refractivity contribution in [2.45, 2.75) is 154 Å². The molecule has 0 unspecified atom stereocenters. The molecule has 6 atom stereocenters. The van der Waals surface area contributed by atoms with E-state index in [0.717, 1.165) is 234 Å². The van der Waals surface area contributed by atoms with Crippen molar-refractivity contribution < 1.29 is 268 Å². The number of methoxy groups -OCH3 is 12. The zero-order chi connectivity index (χ0) is 98.5. The first kappa shape index (κ1) is 118. The van der Waals surface area contributed by atoms with Crippen LogP contribution in [0.25, 0.3) is 66.8 Å². The summed E-state index contributed by atoms with van der Waals surface area (Å²) in [6.07, 6.45) is 14.7. The quantitative estimate of drug-likeness (QED) is 0.0734. The molecule has 6 heterocycles. The Kier molecular flexibility index (Phi) is 41.8. The Morgan fingerprint density at radius 2 is 0.456 bits per heavy atom. The fourth-order valence-corrected chi connectivity index (χ4v) is 25.5. The minimum atomic E-state index is 0. The fourth-order valence-electron chi connectivity index (χ4n) is 25.5. The second kappa shape index (κ2) is 52.0. The summed E-state index contributed by atoms with van der Waals surface area (Å²) in [5.74, 6) is 10.6. The molecule has 12 aliphatic rings. The molecule has 147 heavy (non-hydrogen) atoms. The summed E-state index contributed by atoms with van der Waals surface area (Å²) in [6.45, 7) is 20.0. The SMILES string of the molecule is CCCN1CCc2cc(OC)cc3c2[C@H]1Cc1ccc(O)c(OC)c1-3.CCCN1CCc2cc(OC)cc3c2[C@H]1Cc1cccc(OC)c1-3.CCN1CCc2cc(OC)cc3c2[C@H]1Cc1ccc(O)c(OC)c1-3.CCN1CCc2cc(OC)cc3c2[C@H]1Cc1cccc(OC)c1-3.COc1cc2c3c(c1)-c1c(ccc(O)c1OC)C[C@H]3N(C)CC2.COc1cc2c3c(c1)-c1c(cccc1OC)C[C@H]3N(C)CC2.[Y].[Y].[Y].[Y].[Y].[Y]. The van der Waals surface area contributed by atoms with Crippen LogP contribution in [0.3, 0.4) is 0 Å². The number of nitrogens with zero attached hydrogens (tertiary/aromatic N) is 6. The molecule has 0 saturated carbocycles. The van der Waals surface area contributed by atoms with Gasteiger partial charge in [0.15, 0.2) is 34.5 Å². The maximum atomic E-state index is 10.3. The van der Waals surface area contributed by atoms with Crippen LogP contribution in [-0.2, 0) is 273 Å². The second-order valence-electron chi connectivity index (χ2n) is 39.0. The fraction of sp³-hybridized carbons (Fsp3) is 0.400. The molecule has 0 spiro atoms. The molecular formula is C120H138N6O15Y6. The Bertz CT molecular complexity index is 6740. The van der Waals surface area contributed by atoms with Crippen LogP contribution in [0.4, 0.5) is 0 Å². The van der Waals surface area contributed by atoms with E-state index in [1.165, 1.54) is 140 Å². The second-order valence-corrected chi connectivity index (χ2v) is 39.0. The van der Waals surface area contributed by atoms with Crippen LogP contribution in [0.15, 0.2) is 164 Å². The molecule has 24 rings (SSSR count). The number of phenols is 3. The summed E-state index contributed by atoms with van der Waals surface area (Å²) in [5, 5.41) is 30.8. The van der Waals surface area contributed by atoms with Gasteiger partial charge in [-0.05, 0) is 373 Å². The van der Waals surface area contributed by atoms with E-state index in [-0.39, 0.29) is 214 Å². The number of benzene rings is 12. The monoisotopic (exact) mass is 2440 g/mol. The summed E-state index contributed by atoms with van der Waals surface area (Å²) < 4.78 is 67.0. The number of aromatic hydroxyl groups is 3. The normalized spacial score (nSPS) is 18.1. The van der Waals surface area contributed by atoms with E-state index < -0.39 is 0 Å². The average Bonchev–Trinajstić information content (AvgIpc) is 0.740. The summed E-state index contributed by atoms with van der Waals surface area (Å²) in [5.41, 5.74) is 38.8. The van der Waals surface area contributed by atoms with E-state index in [2.05, 4.69) is 199 Å². The molecule has 6 aliphatic heterocycles. The molecule has 27 heteroatoms. The van der Waals surface area contributed by atoms with Gasteiger partial charge in [-0.3, -0.25) is 29.4 Å². The third-order valence-electron chi connectivity index (χ3n) is 32.0. The summed E-state index contributed by atoms with van der Waals surface area (Å²) in [6, 6.07) is 59.0. The van der Waals surface area contributed by atoms with Crippen molar-refractivity contribution >= 4 is 0 Å². The third-order valence-corrected chi connectivity index (χ3v) is 32.0. The Morgan fingerprint density at radius 3 is 0.687 bits per heavy atom. The van der Waals surface area contributed by atoms with Crippen LogP contribution < -0.4 is 56.8 Å². The first-order chi connectivity index (χ1) is 68.7. The van der Waals surface area contributed by atoms with E-state index in [0.29, 0.717) is 53.5 Å². The van der Waals surface area contributed by atoms with Gasteiger partial charge in [0.1, 0.15) is 51.7 Å². The summed E-state index contributed by atoms with van der Waals surface area (Å²) in [4.78, 5) is 15.3. The van der Waals surface area contributed by atoms with Crippen molar-refractivity contribution in [3.05, 3.63) is 264 Å². The molecule has 21 nitrogen and oxygen atoms in total.